The van der Waals surface area contributed by atoms with Gasteiger partial charge in [0.15, 0.2) is 0 Å². The van der Waals surface area contributed by atoms with E-state index in [1.54, 1.807) is 13.0 Å². The van der Waals surface area contributed by atoms with Crippen molar-refractivity contribution < 1.29 is 34.1 Å². The average Bonchev–Trinajstić information content (AvgIpc) is 3.52. The number of aryl methyl sites for hydroxylation is 1. The highest BCUT2D eigenvalue weighted by Gasteiger charge is 2.41. The molecule has 3 N–H and O–H groups in total. The smallest absolute Gasteiger partial charge is 0.310 e. The molecule has 1 aliphatic heterocycles. The molecule has 0 aromatic heterocycles. The second kappa shape index (κ2) is 21.2. The van der Waals surface area contributed by atoms with Gasteiger partial charge in [-0.15, -0.1) is 11.8 Å². The molecule has 1 aromatic carbocycles. The van der Waals surface area contributed by atoms with Gasteiger partial charge in [0.25, 0.3) is 0 Å². The molecule has 48 heavy (non-hydrogen) atoms. The van der Waals surface area contributed by atoms with Crippen LogP contribution in [0.1, 0.15) is 115 Å². The largest absolute Gasteiger partial charge is 0.492 e. The zero-order valence-corrected chi connectivity index (χ0v) is 30.0. The first-order valence-electron chi connectivity index (χ1n) is 18.0. The number of benzene rings is 1. The van der Waals surface area contributed by atoms with E-state index in [1.165, 1.54) is 0 Å². The Kier molecular flexibility index (Phi) is 17.4. The predicted molar refractivity (Wildman–Crippen MR) is 192 cm³/mol. The van der Waals surface area contributed by atoms with Crippen LogP contribution in [0.3, 0.4) is 0 Å². The Balaban J connectivity index is 1.82. The molecule has 0 radical (unpaired) electrons. The minimum absolute atomic E-state index is 0.0591. The number of carboxylic acid groups (broad SMARTS) is 1. The van der Waals surface area contributed by atoms with Crippen LogP contribution in [0.15, 0.2) is 30.4 Å². The summed E-state index contributed by atoms with van der Waals surface area (Å²) in [5.41, 5.74) is 1.96. The van der Waals surface area contributed by atoms with Gasteiger partial charge in [-0.05, 0) is 69.1 Å². The van der Waals surface area contributed by atoms with E-state index in [0.29, 0.717) is 51.7 Å². The molecule has 1 aliphatic carbocycles. The van der Waals surface area contributed by atoms with Crippen LogP contribution < -0.4 is 10.1 Å². The van der Waals surface area contributed by atoms with E-state index >= 15 is 0 Å². The fourth-order valence-electron chi connectivity index (χ4n) is 6.94. The number of para-hydroxylation sites is 1. The number of unbranched alkanes of at least 4 members (excludes halogenated alkanes) is 3. The van der Waals surface area contributed by atoms with Crippen LogP contribution in [0.25, 0.3) is 0 Å². The summed E-state index contributed by atoms with van der Waals surface area (Å²) in [5, 5.41) is 23.2. The molecule has 1 heterocycles. The van der Waals surface area contributed by atoms with Crippen LogP contribution in [-0.2, 0) is 25.5 Å². The van der Waals surface area contributed by atoms with Crippen molar-refractivity contribution in [1.29, 1.82) is 0 Å². The molecular weight excluding hydrogens is 626 g/mol. The number of hydrogen-bond donors (Lipinski definition) is 4. The van der Waals surface area contributed by atoms with Crippen LogP contribution in [0.5, 0.6) is 5.75 Å². The molecular formula is C39H57NO7S. The van der Waals surface area contributed by atoms with Crippen molar-refractivity contribution in [3.63, 3.8) is 0 Å². The van der Waals surface area contributed by atoms with Gasteiger partial charge in [0, 0.05) is 36.8 Å². The zero-order chi connectivity index (χ0) is 34.9. The van der Waals surface area contributed by atoms with Crippen LogP contribution in [0.4, 0.5) is 0 Å². The number of aliphatic hydroxyl groups excluding tert-OH is 1. The van der Waals surface area contributed by atoms with Crippen molar-refractivity contribution in [2.24, 2.45) is 23.7 Å². The summed E-state index contributed by atoms with van der Waals surface area (Å²) in [6, 6.07) is 5.97. The van der Waals surface area contributed by atoms with Crippen molar-refractivity contribution in [2.45, 2.75) is 122 Å². The first-order valence-corrected chi connectivity index (χ1v) is 18.7. The van der Waals surface area contributed by atoms with E-state index < -0.39 is 30.0 Å². The fraction of sp³-hybridized carbons (Fsp3) is 0.667. The van der Waals surface area contributed by atoms with Crippen molar-refractivity contribution in [1.82, 2.24) is 5.32 Å². The summed E-state index contributed by atoms with van der Waals surface area (Å²) < 4.78 is 12.6. The SMILES string of the molecule is CC#CC[C@H](C)[C@H](O)/C=C/[C@@H](C(CC)OC(=O)C1CCCCC1C(=O)NCCCCCCS)C1COc2c(CCCC(=O)O)cccc21. The molecule has 0 bridgehead atoms. The van der Waals surface area contributed by atoms with Crippen LogP contribution >= 0.6 is 12.6 Å². The molecule has 1 fully saturated rings. The highest BCUT2D eigenvalue weighted by atomic mass is 32.1. The number of hydrogen-bond acceptors (Lipinski definition) is 7. The first-order chi connectivity index (χ1) is 23.2. The number of ether oxygens (including phenoxy) is 2. The van der Waals surface area contributed by atoms with Crippen LogP contribution in [0.2, 0.25) is 0 Å². The van der Waals surface area contributed by atoms with E-state index in [2.05, 4.69) is 29.8 Å². The number of rotatable bonds is 20. The highest BCUT2D eigenvalue weighted by Crippen LogP contribution is 2.44. The van der Waals surface area contributed by atoms with Crippen molar-refractivity contribution in [2.75, 3.05) is 18.9 Å². The lowest BCUT2D eigenvalue weighted by atomic mass is 9.78. The Morgan fingerprint density at radius 2 is 1.85 bits per heavy atom. The van der Waals surface area contributed by atoms with Crippen molar-refractivity contribution >= 4 is 30.5 Å². The number of nitrogens with one attached hydrogen (secondary N) is 1. The maximum absolute atomic E-state index is 13.9. The molecule has 1 saturated carbocycles. The minimum atomic E-state index is -0.825. The van der Waals surface area contributed by atoms with Crippen molar-refractivity contribution in [3.8, 4) is 17.6 Å². The van der Waals surface area contributed by atoms with E-state index in [4.69, 9.17) is 14.6 Å². The van der Waals surface area contributed by atoms with Crippen molar-refractivity contribution in [3.05, 3.63) is 41.5 Å². The fourth-order valence-corrected chi connectivity index (χ4v) is 7.17. The molecule has 2 aliphatic rings. The van der Waals surface area contributed by atoms with Gasteiger partial charge < -0.3 is 25.0 Å². The van der Waals surface area contributed by atoms with E-state index in [-0.39, 0.29) is 36.1 Å². The maximum atomic E-state index is 13.9. The number of aliphatic hydroxyl groups is 1. The molecule has 9 heteroatoms. The third-order valence-electron chi connectivity index (χ3n) is 9.84. The maximum Gasteiger partial charge on any atom is 0.310 e. The molecule has 7 atom stereocenters. The zero-order valence-electron chi connectivity index (χ0n) is 29.1. The molecule has 8 nitrogen and oxygen atoms in total. The second-order valence-electron chi connectivity index (χ2n) is 13.4. The molecule has 1 amide bonds. The predicted octanol–water partition coefficient (Wildman–Crippen LogP) is 6.89. The van der Waals surface area contributed by atoms with Gasteiger partial charge in [-0.1, -0.05) is 69.9 Å². The van der Waals surface area contributed by atoms with Gasteiger partial charge in [-0.2, -0.15) is 12.6 Å². The molecule has 0 spiro atoms. The Hall–Kier alpha value is -2.96. The minimum Gasteiger partial charge on any atom is -0.492 e. The molecule has 0 saturated heterocycles. The number of thiol groups is 1. The first kappa shape index (κ1) is 39.5. The summed E-state index contributed by atoms with van der Waals surface area (Å²) in [7, 11) is 0. The number of carboxylic acids is 1. The number of aliphatic carboxylic acids is 1. The lowest BCUT2D eigenvalue weighted by Crippen LogP contribution is -2.42. The van der Waals surface area contributed by atoms with E-state index in [0.717, 1.165) is 61.2 Å². The Morgan fingerprint density at radius 1 is 1.10 bits per heavy atom. The number of carbonyl (C=O) groups is 3. The standard InChI is InChI=1S/C39H57NO7S/c1-4-6-15-27(3)34(41)23-22-29(33-26-46-37-28(16-13-20-30(33)37)17-14-21-36(42)43)35(5-2)47-39(45)32-19-10-9-18-31(32)38(44)40-24-11-7-8-12-25-48/h13,16,20,22-23,27,29,31-35,41,48H,5,7-12,14-15,17-19,21,24-26H2,1-3H3,(H,40,44)(H,42,43)/b23-22+/t27-,29+,31?,32?,33?,34+,35?/m0/s1. The van der Waals surface area contributed by atoms with Crippen LogP contribution in [0, 0.1) is 35.5 Å². The molecule has 3 rings (SSSR count). The number of esters is 1. The summed E-state index contributed by atoms with van der Waals surface area (Å²) in [4.78, 5) is 38.3. The molecule has 1 aromatic rings. The van der Waals surface area contributed by atoms with Gasteiger partial charge in [0.05, 0.1) is 24.5 Å². The van der Waals surface area contributed by atoms with Gasteiger partial charge in [-0.25, -0.2) is 0 Å². The summed E-state index contributed by atoms with van der Waals surface area (Å²) in [5.74, 6) is 4.96. The lowest BCUT2D eigenvalue weighted by molar-refractivity contribution is -0.162. The third-order valence-corrected chi connectivity index (χ3v) is 10.2. The molecule has 4 unspecified atom stereocenters. The Morgan fingerprint density at radius 3 is 2.56 bits per heavy atom. The van der Waals surface area contributed by atoms with Gasteiger partial charge >= 0.3 is 11.9 Å². The van der Waals surface area contributed by atoms with Gasteiger partial charge in [0.1, 0.15) is 11.9 Å². The highest BCUT2D eigenvalue weighted by molar-refractivity contribution is 7.80. The normalized spacial score (nSPS) is 21.2. The number of amides is 1. The van der Waals surface area contributed by atoms with E-state index in [9.17, 15) is 19.5 Å². The second-order valence-corrected chi connectivity index (χ2v) is 13.8. The van der Waals surface area contributed by atoms with Crippen LogP contribution in [-0.4, -0.2) is 59.2 Å². The number of carbonyl (C=O) groups excluding carboxylic acids is 2. The third kappa shape index (κ3) is 11.9. The van der Waals surface area contributed by atoms with Gasteiger partial charge in [0.2, 0.25) is 5.91 Å². The summed E-state index contributed by atoms with van der Waals surface area (Å²) in [6.45, 7) is 6.72. The summed E-state index contributed by atoms with van der Waals surface area (Å²) >= 11 is 4.26. The lowest BCUT2D eigenvalue weighted by Gasteiger charge is -2.33. The summed E-state index contributed by atoms with van der Waals surface area (Å²) in [6.07, 6.45) is 12.0. The van der Waals surface area contributed by atoms with Gasteiger partial charge in [-0.3, -0.25) is 14.4 Å². The number of fused-ring (bicyclic) bond motifs is 1. The average molecular weight is 684 g/mol. The Labute approximate surface area is 293 Å². The molecule has 266 valence electrons. The monoisotopic (exact) mass is 683 g/mol. The Bertz CT molecular complexity index is 1270. The quantitative estimate of drug-likeness (QED) is 0.0388. The van der Waals surface area contributed by atoms with E-state index in [1.807, 2.05) is 38.1 Å². The topological polar surface area (TPSA) is 122 Å².